The van der Waals surface area contributed by atoms with Crippen molar-refractivity contribution in [3.8, 4) is 0 Å². The van der Waals surface area contributed by atoms with Gasteiger partial charge < -0.3 is 9.80 Å². The van der Waals surface area contributed by atoms with Crippen LogP contribution in [0.25, 0.3) is 0 Å². The molecular formula is C17H26N2OS. The highest BCUT2D eigenvalue weighted by Crippen LogP contribution is 2.17. The highest BCUT2D eigenvalue weighted by molar-refractivity contribution is 7.98. The molecule has 1 amide bonds. The molecule has 1 aliphatic heterocycles. The van der Waals surface area contributed by atoms with Crippen molar-refractivity contribution in [1.29, 1.82) is 0 Å². The molecule has 0 aliphatic carbocycles. The molecule has 3 nitrogen and oxygen atoms in total. The lowest BCUT2D eigenvalue weighted by Crippen LogP contribution is -2.44. The topological polar surface area (TPSA) is 23.6 Å². The van der Waals surface area contributed by atoms with Crippen molar-refractivity contribution >= 4 is 17.7 Å². The summed E-state index contributed by atoms with van der Waals surface area (Å²) in [6, 6.07) is 10.9. The van der Waals surface area contributed by atoms with Gasteiger partial charge in [-0.05, 0) is 38.5 Å². The van der Waals surface area contributed by atoms with Crippen molar-refractivity contribution < 1.29 is 4.79 Å². The Balaban J connectivity index is 1.64. The normalized spacial score (nSPS) is 16.9. The van der Waals surface area contributed by atoms with Gasteiger partial charge in [-0.3, -0.25) is 4.79 Å². The number of hydrogen-bond donors (Lipinski definition) is 0. The first kappa shape index (κ1) is 16.4. The summed E-state index contributed by atoms with van der Waals surface area (Å²) in [6.45, 7) is 2.20. The molecule has 1 saturated heterocycles. The Hall–Kier alpha value is -1.00. The van der Waals surface area contributed by atoms with Gasteiger partial charge in [-0.1, -0.05) is 30.3 Å². The van der Waals surface area contributed by atoms with E-state index in [1.807, 2.05) is 29.8 Å². The maximum atomic E-state index is 12.2. The predicted molar refractivity (Wildman–Crippen MR) is 90.5 cm³/mol. The molecule has 4 heteroatoms. The minimum Gasteiger partial charge on any atom is -0.343 e. The lowest BCUT2D eigenvalue weighted by Gasteiger charge is -2.35. The second-order valence-corrected chi connectivity index (χ2v) is 6.93. The summed E-state index contributed by atoms with van der Waals surface area (Å²) in [6.07, 6.45) is 2.87. The van der Waals surface area contributed by atoms with E-state index in [-0.39, 0.29) is 0 Å². The monoisotopic (exact) mass is 306 g/mol. The van der Waals surface area contributed by atoms with Gasteiger partial charge >= 0.3 is 0 Å². The van der Waals surface area contributed by atoms with Gasteiger partial charge in [0.1, 0.15) is 0 Å². The Morgan fingerprint density at radius 2 is 1.95 bits per heavy atom. The second kappa shape index (κ2) is 8.44. The SMILES string of the molecule is CN1CCC(N(C)C(=O)CCSCc2ccccc2)CC1. The van der Waals surface area contributed by atoms with E-state index in [1.54, 1.807) is 0 Å². The number of carbonyl (C=O) groups is 1. The number of benzene rings is 1. The van der Waals surface area contributed by atoms with Crippen LogP contribution in [0.4, 0.5) is 0 Å². The highest BCUT2D eigenvalue weighted by atomic mass is 32.2. The van der Waals surface area contributed by atoms with E-state index in [1.165, 1.54) is 5.56 Å². The number of amides is 1. The van der Waals surface area contributed by atoms with Gasteiger partial charge in [0, 0.05) is 31.0 Å². The van der Waals surface area contributed by atoms with Gasteiger partial charge in [0.05, 0.1) is 0 Å². The largest absolute Gasteiger partial charge is 0.343 e. The molecule has 1 aliphatic rings. The molecule has 0 aromatic heterocycles. The summed E-state index contributed by atoms with van der Waals surface area (Å²) in [5.74, 6) is 2.20. The van der Waals surface area contributed by atoms with Crippen molar-refractivity contribution in [2.24, 2.45) is 0 Å². The van der Waals surface area contributed by atoms with Crippen molar-refractivity contribution in [2.45, 2.75) is 31.1 Å². The Labute approximate surface area is 132 Å². The van der Waals surface area contributed by atoms with Crippen LogP contribution in [0.2, 0.25) is 0 Å². The zero-order valence-electron chi connectivity index (χ0n) is 13.1. The van der Waals surface area contributed by atoms with Crippen LogP contribution in [0.1, 0.15) is 24.8 Å². The van der Waals surface area contributed by atoms with E-state index in [2.05, 4.69) is 36.2 Å². The highest BCUT2D eigenvalue weighted by Gasteiger charge is 2.23. The molecule has 0 unspecified atom stereocenters. The van der Waals surface area contributed by atoms with E-state index in [4.69, 9.17) is 0 Å². The van der Waals surface area contributed by atoms with E-state index in [9.17, 15) is 4.79 Å². The van der Waals surface area contributed by atoms with Crippen molar-refractivity contribution in [1.82, 2.24) is 9.80 Å². The number of rotatable bonds is 6. The lowest BCUT2D eigenvalue weighted by molar-refractivity contribution is -0.132. The molecule has 0 N–H and O–H groups in total. The summed E-state index contributed by atoms with van der Waals surface area (Å²) >= 11 is 1.84. The van der Waals surface area contributed by atoms with Gasteiger partial charge in [-0.2, -0.15) is 11.8 Å². The fraction of sp³-hybridized carbons (Fsp3) is 0.588. The number of likely N-dealkylation sites (tertiary alicyclic amines) is 1. The zero-order chi connectivity index (χ0) is 15.1. The number of thioether (sulfide) groups is 1. The van der Waals surface area contributed by atoms with Crippen LogP contribution in [0.5, 0.6) is 0 Å². The average Bonchev–Trinajstić information content (AvgIpc) is 2.52. The third-order valence-corrected chi connectivity index (χ3v) is 5.23. The minimum absolute atomic E-state index is 0.296. The minimum atomic E-state index is 0.296. The Bertz CT molecular complexity index is 430. The third kappa shape index (κ3) is 5.36. The molecule has 0 saturated carbocycles. The molecule has 1 fully saturated rings. The van der Waals surface area contributed by atoms with Crippen molar-refractivity contribution in [2.75, 3.05) is 32.9 Å². The zero-order valence-corrected chi connectivity index (χ0v) is 13.9. The predicted octanol–water partition coefficient (Wildman–Crippen LogP) is 2.86. The lowest BCUT2D eigenvalue weighted by atomic mass is 10.0. The van der Waals surface area contributed by atoms with Crippen LogP contribution in [0, 0.1) is 0 Å². The smallest absolute Gasteiger partial charge is 0.223 e. The van der Waals surface area contributed by atoms with Gasteiger partial charge in [0.15, 0.2) is 0 Å². The molecule has 116 valence electrons. The summed E-state index contributed by atoms with van der Waals surface area (Å²) in [5, 5.41) is 0. The van der Waals surface area contributed by atoms with Gasteiger partial charge in [0.25, 0.3) is 0 Å². The summed E-state index contributed by atoms with van der Waals surface area (Å²) < 4.78 is 0. The third-order valence-electron chi connectivity index (χ3n) is 4.20. The average molecular weight is 306 g/mol. The van der Waals surface area contributed by atoms with E-state index < -0.39 is 0 Å². The fourth-order valence-electron chi connectivity index (χ4n) is 2.69. The number of hydrogen-bond acceptors (Lipinski definition) is 3. The van der Waals surface area contributed by atoms with Crippen LogP contribution < -0.4 is 0 Å². The Morgan fingerprint density at radius 1 is 1.29 bits per heavy atom. The van der Waals surface area contributed by atoms with Crippen LogP contribution in [-0.2, 0) is 10.5 Å². The van der Waals surface area contributed by atoms with Crippen molar-refractivity contribution in [3.63, 3.8) is 0 Å². The molecule has 1 heterocycles. The van der Waals surface area contributed by atoms with Crippen LogP contribution in [-0.4, -0.2) is 54.7 Å². The Kier molecular flexibility index (Phi) is 6.58. The van der Waals surface area contributed by atoms with Crippen LogP contribution >= 0.6 is 11.8 Å². The maximum Gasteiger partial charge on any atom is 0.223 e. The number of nitrogens with zero attached hydrogens (tertiary/aromatic N) is 2. The first-order chi connectivity index (χ1) is 10.2. The van der Waals surface area contributed by atoms with Gasteiger partial charge in [-0.25, -0.2) is 0 Å². The molecule has 21 heavy (non-hydrogen) atoms. The van der Waals surface area contributed by atoms with Crippen LogP contribution in [0.3, 0.4) is 0 Å². The van der Waals surface area contributed by atoms with Crippen molar-refractivity contribution in [3.05, 3.63) is 35.9 Å². The molecule has 0 bridgehead atoms. The fourth-order valence-corrected chi connectivity index (χ4v) is 3.58. The van der Waals surface area contributed by atoms with E-state index in [0.29, 0.717) is 18.4 Å². The summed E-state index contributed by atoms with van der Waals surface area (Å²) in [4.78, 5) is 16.6. The Morgan fingerprint density at radius 3 is 2.62 bits per heavy atom. The molecule has 0 radical (unpaired) electrons. The van der Waals surface area contributed by atoms with Gasteiger partial charge in [-0.15, -0.1) is 0 Å². The van der Waals surface area contributed by atoms with Crippen LogP contribution in [0.15, 0.2) is 30.3 Å². The molecule has 1 aromatic carbocycles. The molecule has 0 atom stereocenters. The molecular weight excluding hydrogens is 280 g/mol. The van der Waals surface area contributed by atoms with Gasteiger partial charge in [0.2, 0.25) is 5.91 Å². The van der Waals surface area contributed by atoms with E-state index >= 15 is 0 Å². The first-order valence-electron chi connectivity index (χ1n) is 7.72. The molecule has 1 aromatic rings. The maximum absolute atomic E-state index is 12.2. The first-order valence-corrected chi connectivity index (χ1v) is 8.88. The number of piperidine rings is 1. The molecule has 0 spiro atoms. The molecule has 2 rings (SSSR count). The second-order valence-electron chi connectivity index (χ2n) is 5.83. The van der Waals surface area contributed by atoms with E-state index in [0.717, 1.165) is 37.4 Å². The quantitative estimate of drug-likeness (QED) is 0.755. The number of carbonyl (C=O) groups excluding carboxylic acids is 1. The standard InChI is InChI=1S/C17H26N2OS/c1-18-11-8-16(9-12-18)19(2)17(20)10-13-21-14-15-6-4-3-5-7-15/h3-7,16H,8-14H2,1-2H3. The summed E-state index contributed by atoms with van der Waals surface area (Å²) in [7, 11) is 4.12. The summed E-state index contributed by atoms with van der Waals surface area (Å²) in [5.41, 5.74) is 1.33.